The first-order valence-electron chi connectivity index (χ1n) is 3.85. The van der Waals surface area contributed by atoms with Gasteiger partial charge in [-0.25, -0.2) is 0 Å². The number of hydrogen-bond donors (Lipinski definition) is 1. The summed E-state index contributed by atoms with van der Waals surface area (Å²) in [7, 11) is 0. The van der Waals surface area contributed by atoms with E-state index in [1.54, 1.807) is 0 Å². The molecular formula is C9H12O. The normalized spacial score (nSPS) is 38.4. The molecule has 2 rings (SSSR count). The van der Waals surface area contributed by atoms with Gasteiger partial charge < -0.3 is 5.11 Å². The smallest absolute Gasteiger partial charge is 0.0727 e. The van der Waals surface area contributed by atoms with Crippen molar-refractivity contribution >= 4 is 0 Å². The van der Waals surface area contributed by atoms with E-state index in [0.29, 0.717) is 11.8 Å². The summed E-state index contributed by atoms with van der Waals surface area (Å²) in [4.78, 5) is 0. The number of hydrogen-bond acceptors (Lipinski definition) is 1. The van der Waals surface area contributed by atoms with Gasteiger partial charge >= 0.3 is 0 Å². The molecule has 54 valence electrons. The first-order valence-corrected chi connectivity index (χ1v) is 3.85. The minimum Gasteiger partial charge on any atom is -0.389 e. The van der Waals surface area contributed by atoms with Gasteiger partial charge in [0.15, 0.2) is 0 Å². The molecule has 0 aromatic heterocycles. The molecule has 0 spiro atoms. The van der Waals surface area contributed by atoms with Crippen LogP contribution in [-0.2, 0) is 0 Å². The van der Waals surface area contributed by atoms with Crippen LogP contribution in [0.25, 0.3) is 0 Å². The highest BCUT2D eigenvalue weighted by atomic mass is 16.3. The standard InChI is InChI=1S/C9H12O/c1-6(10)9-5-7-2-3-8(9)4-7/h2-3,5-8,10H,4H2,1H3. The van der Waals surface area contributed by atoms with Crippen LogP contribution in [0.5, 0.6) is 0 Å². The zero-order valence-electron chi connectivity index (χ0n) is 6.12. The molecule has 0 amide bonds. The van der Waals surface area contributed by atoms with E-state index >= 15 is 0 Å². The maximum atomic E-state index is 9.27. The molecule has 0 aromatic rings. The summed E-state index contributed by atoms with van der Waals surface area (Å²) >= 11 is 0. The van der Waals surface area contributed by atoms with Crippen LogP contribution in [0.15, 0.2) is 23.8 Å². The number of fused-ring (bicyclic) bond motifs is 2. The van der Waals surface area contributed by atoms with Gasteiger partial charge in [-0.3, -0.25) is 0 Å². The lowest BCUT2D eigenvalue weighted by molar-refractivity contribution is 0.223. The van der Waals surface area contributed by atoms with Crippen molar-refractivity contribution in [2.45, 2.75) is 19.4 Å². The summed E-state index contributed by atoms with van der Waals surface area (Å²) in [6.45, 7) is 1.85. The SMILES string of the molecule is CC(O)C1=CC2C=CC1C2. The maximum Gasteiger partial charge on any atom is 0.0727 e. The van der Waals surface area contributed by atoms with Gasteiger partial charge in [0, 0.05) is 5.92 Å². The van der Waals surface area contributed by atoms with Gasteiger partial charge in [-0.15, -0.1) is 0 Å². The predicted octanol–water partition coefficient (Wildman–Crippen LogP) is 1.50. The molecule has 0 fully saturated rings. The number of aliphatic hydroxyl groups excluding tert-OH is 1. The van der Waals surface area contributed by atoms with Crippen molar-refractivity contribution in [3.05, 3.63) is 23.8 Å². The van der Waals surface area contributed by atoms with E-state index in [-0.39, 0.29) is 6.10 Å². The van der Waals surface area contributed by atoms with Gasteiger partial charge in [0.25, 0.3) is 0 Å². The minimum absolute atomic E-state index is 0.236. The van der Waals surface area contributed by atoms with Gasteiger partial charge in [0.1, 0.15) is 0 Å². The van der Waals surface area contributed by atoms with E-state index < -0.39 is 0 Å². The van der Waals surface area contributed by atoms with Crippen LogP contribution in [0.2, 0.25) is 0 Å². The van der Waals surface area contributed by atoms with Crippen molar-refractivity contribution in [1.29, 1.82) is 0 Å². The van der Waals surface area contributed by atoms with Crippen molar-refractivity contribution in [3.8, 4) is 0 Å². The van der Waals surface area contributed by atoms with Crippen LogP contribution >= 0.6 is 0 Å². The second-order valence-electron chi connectivity index (χ2n) is 3.23. The van der Waals surface area contributed by atoms with E-state index in [2.05, 4.69) is 18.2 Å². The van der Waals surface area contributed by atoms with Crippen molar-refractivity contribution in [2.24, 2.45) is 11.8 Å². The minimum atomic E-state index is -0.236. The molecule has 3 atom stereocenters. The van der Waals surface area contributed by atoms with E-state index in [1.807, 2.05) is 6.92 Å². The first-order chi connectivity index (χ1) is 4.77. The Morgan fingerprint density at radius 2 is 2.40 bits per heavy atom. The Morgan fingerprint density at radius 3 is 2.70 bits per heavy atom. The first kappa shape index (κ1) is 6.17. The summed E-state index contributed by atoms with van der Waals surface area (Å²) in [5.41, 5.74) is 1.23. The van der Waals surface area contributed by atoms with Gasteiger partial charge in [-0.2, -0.15) is 0 Å². The lowest BCUT2D eigenvalue weighted by atomic mass is 9.99. The molecule has 1 nitrogen and oxygen atoms in total. The molecule has 3 unspecified atom stereocenters. The average molecular weight is 136 g/mol. The second kappa shape index (κ2) is 1.96. The van der Waals surface area contributed by atoms with E-state index in [0.717, 1.165) is 0 Å². The Hall–Kier alpha value is -0.560. The molecule has 0 aromatic carbocycles. The van der Waals surface area contributed by atoms with Crippen LogP contribution in [0.1, 0.15) is 13.3 Å². The number of rotatable bonds is 1. The third kappa shape index (κ3) is 0.739. The number of aliphatic hydroxyl groups is 1. The molecule has 0 saturated heterocycles. The Kier molecular flexibility index (Phi) is 1.21. The summed E-state index contributed by atoms with van der Waals surface area (Å²) in [6.07, 6.45) is 7.62. The Balaban J connectivity index is 2.21. The average Bonchev–Trinajstić information content (AvgIpc) is 2.44. The fourth-order valence-electron chi connectivity index (χ4n) is 1.92. The molecule has 1 heteroatoms. The molecule has 1 N–H and O–H groups in total. The van der Waals surface area contributed by atoms with Gasteiger partial charge in [0.2, 0.25) is 0 Å². The molecule has 2 bridgehead atoms. The van der Waals surface area contributed by atoms with Crippen LogP contribution in [0.4, 0.5) is 0 Å². The van der Waals surface area contributed by atoms with Crippen molar-refractivity contribution in [3.63, 3.8) is 0 Å². The maximum absolute atomic E-state index is 9.27. The fourth-order valence-corrected chi connectivity index (χ4v) is 1.92. The van der Waals surface area contributed by atoms with Crippen LogP contribution in [0.3, 0.4) is 0 Å². The van der Waals surface area contributed by atoms with Crippen LogP contribution in [0, 0.1) is 11.8 Å². The molecule has 0 radical (unpaired) electrons. The lowest BCUT2D eigenvalue weighted by Crippen LogP contribution is -2.09. The van der Waals surface area contributed by atoms with Crippen LogP contribution < -0.4 is 0 Å². The zero-order chi connectivity index (χ0) is 7.14. The van der Waals surface area contributed by atoms with Gasteiger partial charge in [-0.1, -0.05) is 18.2 Å². The summed E-state index contributed by atoms with van der Waals surface area (Å²) < 4.78 is 0. The molecular weight excluding hydrogens is 124 g/mol. The lowest BCUT2D eigenvalue weighted by Gasteiger charge is -2.11. The van der Waals surface area contributed by atoms with E-state index in [1.165, 1.54) is 12.0 Å². The monoisotopic (exact) mass is 136 g/mol. The summed E-state index contributed by atoms with van der Waals surface area (Å²) in [6, 6.07) is 0. The Labute approximate surface area is 61.1 Å². The zero-order valence-corrected chi connectivity index (χ0v) is 6.12. The third-order valence-electron chi connectivity index (χ3n) is 2.43. The highest BCUT2D eigenvalue weighted by Gasteiger charge is 2.29. The molecule has 2 aliphatic rings. The van der Waals surface area contributed by atoms with E-state index in [9.17, 15) is 5.11 Å². The van der Waals surface area contributed by atoms with Crippen molar-refractivity contribution in [2.75, 3.05) is 0 Å². The molecule has 10 heavy (non-hydrogen) atoms. The second-order valence-corrected chi connectivity index (χ2v) is 3.23. The molecule has 0 aliphatic heterocycles. The van der Waals surface area contributed by atoms with Gasteiger partial charge in [-0.05, 0) is 24.8 Å². The largest absolute Gasteiger partial charge is 0.389 e. The number of allylic oxidation sites excluding steroid dienone is 3. The summed E-state index contributed by atoms with van der Waals surface area (Å²) in [5, 5.41) is 9.27. The van der Waals surface area contributed by atoms with Gasteiger partial charge in [0.05, 0.1) is 6.10 Å². The molecule has 0 saturated carbocycles. The molecule has 0 heterocycles. The summed E-state index contributed by atoms with van der Waals surface area (Å²) in [5.74, 6) is 1.19. The van der Waals surface area contributed by atoms with Crippen molar-refractivity contribution < 1.29 is 5.11 Å². The third-order valence-corrected chi connectivity index (χ3v) is 2.43. The topological polar surface area (TPSA) is 20.2 Å². The van der Waals surface area contributed by atoms with Crippen LogP contribution in [-0.4, -0.2) is 11.2 Å². The van der Waals surface area contributed by atoms with E-state index in [4.69, 9.17) is 0 Å². The predicted molar refractivity (Wildman–Crippen MR) is 40.5 cm³/mol. The highest BCUT2D eigenvalue weighted by molar-refractivity contribution is 5.31. The van der Waals surface area contributed by atoms with Crippen molar-refractivity contribution in [1.82, 2.24) is 0 Å². The fraction of sp³-hybridized carbons (Fsp3) is 0.556. The highest BCUT2D eigenvalue weighted by Crippen LogP contribution is 2.39. The quantitative estimate of drug-likeness (QED) is 0.541. The Morgan fingerprint density at radius 1 is 1.60 bits per heavy atom. The molecule has 2 aliphatic carbocycles. The Bertz CT molecular complexity index is 201.